The molecule has 8 heteroatoms. The van der Waals surface area contributed by atoms with Gasteiger partial charge in [-0.05, 0) is 35.5 Å². The van der Waals surface area contributed by atoms with Gasteiger partial charge < -0.3 is 15.1 Å². The van der Waals surface area contributed by atoms with Crippen LogP contribution in [0.25, 0.3) is 11.4 Å². The molecule has 2 heterocycles. The summed E-state index contributed by atoms with van der Waals surface area (Å²) in [4.78, 5) is 17.3. The molecular weight excluding hydrogens is 366 g/mol. The molecular formula is C21H25N7O. The van der Waals surface area contributed by atoms with E-state index in [1.165, 1.54) is 5.69 Å². The van der Waals surface area contributed by atoms with E-state index in [2.05, 4.69) is 61.0 Å². The highest BCUT2D eigenvalue weighted by atomic mass is 16.1. The number of carbonyl (C=O) groups is 1. The number of benzene rings is 2. The largest absolute Gasteiger partial charge is 0.369 e. The van der Waals surface area contributed by atoms with Gasteiger partial charge >= 0.3 is 0 Å². The number of rotatable bonds is 6. The van der Waals surface area contributed by atoms with Crippen LogP contribution in [-0.2, 0) is 17.8 Å². The van der Waals surface area contributed by atoms with Crippen molar-refractivity contribution in [1.82, 2.24) is 30.8 Å². The van der Waals surface area contributed by atoms with Gasteiger partial charge in [0.15, 0.2) is 0 Å². The Kier molecular flexibility index (Phi) is 5.81. The number of piperazine rings is 1. The van der Waals surface area contributed by atoms with Crippen LogP contribution in [0.5, 0.6) is 0 Å². The third kappa shape index (κ3) is 4.78. The zero-order valence-corrected chi connectivity index (χ0v) is 16.5. The maximum Gasteiger partial charge on any atom is 0.224 e. The summed E-state index contributed by atoms with van der Waals surface area (Å²) in [5.74, 6) is 0.511. The summed E-state index contributed by atoms with van der Waals surface area (Å²) in [6.07, 6.45) is 0.308. The molecule has 3 aromatic rings. The lowest BCUT2D eigenvalue weighted by molar-refractivity contribution is -0.120. The van der Waals surface area contributed by atoms with Crippen LogP contribution >= 0.6 is 0 Å². The Morgan fingerprint density at radius 2 is 1.93 bits per heavy atom. The Bertz CT molecular complexity index is 949. The number of hydrogen-bond donors (Lipinski definition) is 2. The molecule has 1 aliphatic rings. The monoisotopic (exact) mass is 391 g/mol. The molecule has 1 aromatic heterocycles. The smallest absolute Gasteiger partial charge is 0.224 e. The van der Waals surface area contributed by atoms with E-state index in [0.717, 1.165) is 42.9 Å². The molecule has 1 fully saturated rings. The van der Waals surface area contributed by atoms with E-state index >= 15 is 0 Å². The first-order valence-corrected chi connectivity index (χ1v) is 9.80. The highest BCUT2D eigenvalue weighted by molar-refractivity contribution is 5.79. The van der Waals surface area contributed by atoms with Crippen LogP contribution in [0.2, 0.25) is 0 Å². The molecule has 2 aromatic carbocycles. The summed E-state index contributed by atoms with van der Waals surface area (Å²) in [6.45, 7) is 4.63. The van der Waals surface area contributed by atoms with E-state index in [4.69, 9.17) is 0 Å². The minimum absolute atomic E-state index is 0.0107. The van der Waals surface area contributed by atoms with Crippen LogP contribution in [0, 0.1) is 0 Å². The van der Waals surface area contributed by atoms with Crippen LogP contribution in [-0.4, -0.2) is 64.7 Å². The van der Waals surface area contributed by atoms with E-state index in [9.17, 15) is 4.79 Å². The molecule has 0 atom stereocenters. The van der Waals surface area contributed by atoms with Crippen molar-refractivity contribution in [3.63, 3.8) is 0 Å². The van der Waals surface area contributed by atoms with E-state index in [1.54, 1.807) is 0 Å². The molecule has 1 saturated heterocycles. The molecule has 150 valence electrons. The summed E-state index contributed by atoms with van der Waals surface area (Å²) >= 11 is 0. The number of hydrogen-bond acceptors (Lipinski definition) is 6. The van der Waals surface area contributed by atoms with Gasteiger partial charge in [0, 0.05) is 44.0 Å². The number of amides is 1. The number of aromatic amines is 1. The molecule has 0 aliphatic carbocycles. The minimum Gasteiger partial charge on any atom is -0.369 e. The van der Waals surface area contributed by atoms with Gasteiger partial charge in [0.25, 0.3) is 0 Å². The van der Waals surface area contributed by atoms with Gasteiger partial charge in [0.1, 0.15) is 0 Å². The maximum absolute atomic E-state index is 12.5. The fourth-order valence-electron chi connectivity index (χ4n) is 3.56. The Balaban J connectivity index is 1.38. The Morgan fingerprint density at radius 3 is 2.72 bits per heavy atom. The second kappa shape index (κ2) is 8.83. The number of tetrazole rings is 1. The number of aromatic nitrogens is 4. The number of carbonyl (C=O) groups excluding carboxylic acids is 1. The van der Waals surface area contributed by atoms with Gasteiger partial charge in [-0.15, -0.1) is 10.2 Å². The van der Waals surface area contributed by atoms with Crippen molar-refractivity contribution in [3.8, 4) is 11.4 Å². The topological polar surface area (TPSA) is 90.0 Å². The summed E-state index contributed by atoms with van der Waals surface area (Å²) < 4.78 is 0. The highest BCUT2D eigenvalue weighted by Gasteiger charge is 2.17. The summed E-state index contributed by atoms with van der Waals surface area (Å²) in [5, 5.41) is 17.1. The summed E-state index contributed by atoms with van der Waals surface area (Å²) in [7, 11) is 2.15. The van der Waals surface area contributed by atoms with Crippen molar-refractivity contribution in [2.24, 2.45) is 0 Å². The van der Waals surface area contributed by atoms with Gasteiger partial charge in [-0.2, -0.15) is 5.21 Å². The van der Waals surface area contributed by atoms with Crippen LogP contribution < -0.4 is 10.2 Å². The van der Waals surface area contributed by atoms with Crippen molar-refractivity contribution in [2.75, 3.05) is 38.1 Å². The van der Waals surface area contributed by atoms with Gasteiger partial charge in [-0.1, -0.05) is 36.4 Å². The molecule has 1 aliphatic heterocycles. The number of para-hydroxylation sites is 1. The van der Waals surface area contributed by atoms with Crippen molar-refractivity contribution >= 4 is 11.6 Å². The van der Waals surface area contributed by atoms with Crippen molar-refractivity contribution < 1.29 is 4.79 Å². The number of anilines is 1. The normalized spacial score (nSPS) is 14.7. The Labute approximate surface area is 169 Å². The number of nitrogens with one attached hydrogen (secondary N) is 2. The third-order valence-electron chi connectivity index (χ3n) is 5.21. The number of nitrogens with zero attached hydrogens (tertiary/aromatic N) is 5. The van der Waals surface area contributed by atoms with Gasteiger partial charge in [0.05, 0.1) is 6.42 Å². The second-order valence-corrected chi connectivity index (χ2v) is 7.31. The van der Waals surface area contributed by atoms with E-state index in [1.807, 2.05) is 30.3 Å². The third-order valence-corrected chi connectivity index (χ3v) is 5.21. The molecule has 2 N–H and O–H groups in total. The van der Waals surface area contributed by atoms with Crippen LogP contribution in [0.4, 0.5) is 5.69 Å². The molecule has 4 rings (SSSR count). The fourth-order valence-corrected chi connectivity index (χ4v) is 3.56. The first-order valence-electron chi connectivity index (χ1n) is 9.80. The number of likely N-dealkylation sites (N-methyl/N-ethyl adjacent to an activating group) is 1. The second-order valence-electron chi connectivity index (χ2n) is 7.31. The Hall–Kier alpha value is -3.26. The predicted octanol–water partition coefficient (Wildman–Crippen LogP) is 1.48. The average molecular weight is 391 g/mol. The first kappa shape index (κ1) is 19.1. The van der Waals surface area contributed by atoms with Gasteiger partial charge in [-0.3, -0.25) is 4.79 Å². The summed E-state index contributed by atoms with van der Waals surface area (Å²) in [6, 6.07) is 16.0. The minimum atomic E-state index is -0.0107. The van der Waals surface area contributed by atoms with Crippen LogP contribution in [0.15, 0.2) is 48.5 Å². The zero-order valence-electron chi connectivity index (χ0n) is 16.5. The van der Waals surface area contributed by atoms with E-state index in [0.29, 0.717) is 18.8 Å². The average Bonchev–Trinajstić information content (AvgIpc) is 3.28. The van der Waals surface area contributed by atoms with Crippen LogP contribution in [0.3, 0.4) is 0 Å². The lowest BCUT2D eigenvalue weighted by Gasteiger charge is -2.35. The standard InChI is InChI=1S/C21H25N7O/c1-27-9-11-28(12-10-27)19-8-3-2-6-18(19)15-22-20(29)14-16-5-4-7-17(13-16)21-23-25-26-24-21/h2-8,13H,9-12,14-15H2,1H3,(H,22,29)(H,23,24,25,26). The van der Waals surface area contributed by atoms with E-state index < -0.39 is 0 Å². The lowest BCUT2D eigenvalue weighted by atomic mass is 10.1. The number of H-pyrrole nitrogens is 1. The Morgan fingerprint density at radius 1 is 1.10 bits per heavy atom. The van der Waals surface area contributed by atoms with Crippen LogP contribution in [0.1, 0.15) is 11.1 Å². The van der Waals surface area contributed by atoms with Gasteiger partial charge in [-0.25, -0.2) is 0 Å². The predicted molar refractivity (Wildman–Crippen MR) is 111 cm³/mol. The molecule has 8 nitrogen and oxygen atoms in total. The quantitative estimate of drug-likeness (QED) is 0.662. The highest BCUT2D eigenvalue weighted by Crippen LogP contribution is 2.22. The zero-order chi connectivity index (χ0) is 20.1. The molecule has 0 saturated carbocycles. The molecule has 29 heavy (non-hydrogen) atoms. The molecule has 0 radical (unpaired) electrons. The SMILES string of the molecule is CN1CCN(c2ccccc2CNC(=O)Cc2cccc(-c3nn[nH]n3)c2)CC1. The maximum atomic E-state index is 12.5. The fraction of sp³-hybridized carbons (Fsp3) is 0.333. The van der Waals surface area contributed by atoms with Crippen molar-refractivity contribution in [1.29, 1.82) is 0 Å². The summed E-state index contributed by atoms with van der Waals surface area (Å²) in [5.41, 5.74) is 4.10. The molecule has 0 bridgehead atoms. The van der Waals surface area contributed by atoms with Crippen molar-refractivity contribution in [2.45, 2.75) is 13.0 Å². The molecule has 1 amide bonds. The van der Waals surface area contributed by atoms with Gasteiger partial charge in [0.2, 0.25) is 11.7 Å². The van der Waals surface area contributed by atoms with Crippen molar-refractivity contribution in [3.05, 3.63) is 59.7 Å². The lowest BCUT2D eigenvalue weighted by Crippen LogP contribution is -2.45. The van der Waals surface area contributed by atoms with E-state index in [-0.39, 0.29) is 5.91 Å². The first-order chi connectivity index (χ1) is 14.2. The molecule has 0 unspecified atom stereocenters. The molecule has 0 spiro atoms.